The van der Waals surface area contributed by atoms with Crippen molar-refractivity contribution in [2.24, 2.45) is 53.3 Å². The van der Waals surface area contributed by atoms with Crippen LogP contribution in [0, 0.1) is 53.3 Å². The van der Waals surface area contributed by atoms with E-state index in [1.807, 2.05) is 20.8 Å². The second-order valence-corrected chi connectivity index (χ2v) is 12.1. The van der Waals surface area contributed by atoms with Crippen LogP contribution in [0.2, 0.25) is 0 Å². The summed E-state index contributed by atoms with van der Waals surface area (Å²) in [5.41, 5.74) is -0.518. The number of aliphatic carboxylic acids is 1. The third-order valence-corrected chi connectivity index (χ3v) is 10.6. The highest BCUT2D eigenvalue weighted by Gasteiger charge is 2.74. The van der Waals surface area contributed by atoms with Gasteiger partial charge in [0.2, 0.25) is 0 Å². The lowest BCUT2D eigenvalue weighted by molar-refractivity contribution is -0.369. The van der Waals surface area contributed by atoms with Crippen molar-refractivity contribution in [3.63, 3.8) is 0 Å². The number of aliphatic hydroxyl groups excluding tert-OH is 1. The number of carboxylic acids is 1. The molecule has 5 fully saturated rings. The first kappa shape index (κ1) is 23.4. The van der Waals surface area contributed by atoms with Crippen LogP contribution in [-0.2, 0) is 28.6 Å². The summed E-state index contributed by atoms with van der Waals surface area (Å²) < 4.78 is 17.9. The number of aliphatic hydroxyl groups is 2. The van der Waals surface area contributed by atoms with Crippen LogP contribution in [0.3, 0.4) is 0 Å². The van der Waals surface area contributed by atoms with Gasteiger partial charge in [-0.05, 0) is 55.8 Å². The summed E-state index contributed by atoms with van der Waals surface area (Å²) in [7, 11) is 0. The zero-order valence-electron chi connectivity index (χ0n) is 20.4. The highest BCUT2D eigenvalue weighted by atomic mass is 16.7. The molecular weight excluding hydrogens is 456 g/mol. The fraction of sp³-hybridized carbons (Fsp3) is 0.808. The molecule has 0 aromatic heterocycles. The van der Waals surface area contributed by atoms with Gasteiger partial charge in [-0.2, -0.15) is 0 Å². The summed E-state index contributed by atoms with van der Waals surface area (Å²) in [5, 5.41) is 33.6. The molecule has 0 spiro atoms. The molecule has 3 N–H and O–H groups in total. The highest BCUT2D eigenvalue weighted by Crippen LogP contribution is 2.68. The van der Waals surface area contributed by atoms with Crippen molar-refractivity contribution in [3.8, 4) is 0 Å². The highest BCUT2D eigenvalue weighted by molar-refractivity contribution is 5.88. The monoisotopic (exact) mass is 490 g/mol. The van der Waals surface area contributed by atoms with Gasteiger partial charge in [0.25, 0.3) is 0 Å². The van der Waals surface area contributed by atoms with Crippen LogP contribution < -0.4 is 0 Å². The number of carbonyl (C=O) groups is 3. The Labute approximate surface area is 203 Å². The minimum Gasteiger partial charge on any atom is -0.478 e. The number of ether oxygens (including phenoxy) is 3. The second kappa shape index (κ2) is 7.29. The van der Waals surface area contributed by atoms with Gasteiger partial charge >= 0.3 is 17.9 Å². The quantitative estimate of drug-likeness (QED) is 0.491. The van der Waals surface area contributed by atoms with Gasteiger partial charge in [0.05, 0.1) is 11.7 Å². The average molecular weight is 491 g/mol. The number of esters is 2. The van der Waals surface area contributed by atoms with E-state index in [9.17, 15) is 29.7 Å². The SMILES string of the molecule is CC(=O)O[C@H]1[C@H](C)[C@@H](O)[C@H]2[C@@H]1C=C(C(=O)O)[C@H]1C[C@@H]3[C@H]([C@H]21)[C@H]1C(=O)OC2CCC3(C)O[C@]1(O)[C@@H]2C. The Kier molecular flexibility index (Phi) is 4.88. The fourth-order valence-electron chi connectivity index (χ4n) is 9.12. The molecule has 3 bridgehead atoms. The molecular formula is C26H34O9. The van der Waals surface area contributed by atoms with E-state index in [1.165, 1.54) is 6.92 Å². The maximum Gasteiger partial charge on any atom is 0.331 e. The topological polar surface area (TPSA) is 140 Å². The second-order valence-electron chi connectivity index (χ2n) is 12.1. The molecule has 0 aromatic carbocycles. The van der Waals surface area contributed by atoms with Gasteiger partial charge in [-0.1, -0.05) is 19.9 Å². The van der Waals surface area contributed by atoms with Crippen LogP contribution in [0.1, 0.15) is 47.0 Å². The smallest absolute Gasteiger partial charge is 0.331 e. The Morgan fingerprint density at radius 3 is 2.57 bits per heavy atom. The van der Waals surface area contributed by atoms with Crippen molar-refractivity contribution in [2.75, 3.05) is 0 Å². The lowest BCUT2D eigenvalue weighted by Crippen LogP contribution is -2.68. The van der Waals surface area contributed by atoms with Crippen molar-refractivity contribution in [3.05, 3.63) is 11.6 Å². The first-order chi connectivity index (χ1) is 16.4. The molecule has 14 atom stereocenters. The fourth-order valence-corrected chi connectivity index (χ4v) is 9.12. The van der Waals surface area contributed by atoms with Gasteiger partial charge in [0.1, 0.15) is 18.1 Å². The molecule has 3 aliphatic carbocycles. The predicted molar refractivity (Wildman–Crippen MR) is 118 cm³/mol. The van der Waals surface area contributed by atoms with E-state index in [-0.39, 0.29) is 11.5 Å². The number of rotatable bonds is 2. The molecule has 0 radical (unpaired) electrons. The minimum atomic E-state index is -1.72. The normalized spacial score (nSPS) is 55.7. The molecule has 9 heteroatoms. The Morgan fingerprint density at radius 2 is 1.91 bits per heavy atom. The largest absolute Gasteiger partial charge is 0.478 e. The molecule has 6 aliphatic rings. The summed E-state index contributed by atoms with van der Waals surface area (Å²) in [6.45, 7) is 6.93. The summed E-state index contributed by atoms with van der Waals surface area (Å²) in [6.07, 6.45) is 1.38. The van der Waals surface area contributed by atoms with E-state index in [1.54, 1.807) is 6.08 Å². The van der Waals surface area contributed by atoms with Crippen molar-refractivity contribution in [2.45, 2.75) is 76.7 Å². The standard InChI is InChI=1S/C26H34O9/c1-9-21(28)18-14(22(9)33-11(3)27)7-13(23(29)30)12-8-15-19(17(12)18)20-24(31)34-16-5-6-25(15,4)35-26(20,32)10(16)2/h7,9-10,12,14-22,28,32H,5-6,8H2,1-4H3,(H,29,30)/t9-,10-,12-,14+,15-,16?,17+,18+,19-,20+,21-,22+,25?,26-/m1/s1. The third-order valence-electron chi connectivity index (χ3n) is 10.6. The zero-order chi connectivity index (χ0) is 25.2. The molecule has 0 aromatic rings. The van der Waals surface area contributed by atoms with Crippen LogP contribution in [-0.4, -0.2) is 62.9 Å². The van der Waals surface area contributed by atoms with Gasteiger partial charge in [0, 0.05) is 30.3 Å². The van der Waals surface area contributed by atoms with E-state index in [4.69, 9.17) is 14.2 Å². The summed E-state index contributed by atoms with van der Waals surface area (Å²) in [6, 6.07) is 0. The Balaban J connectivity index is 1.52. The molecule has 3 saturated heterocycles. The molecule has 192 valence electrons. The van der Waals surface area contributed by atoms with Crippen LogP contribution in [0.15, 0.2) is 11.6 Å². The molecule has 2 saturated carbocycles. The molecule has 3 heterocycles. The van der Waals surface area contributed by atoms with E-state index < -0.39 is 95.0 Å². The molecule has 2 unspecified atom stereocenters. The average Bonchev–Trinajstić information content (AvgIpc) is 3.26. The van der Waals surface area contributed by atoms with Crippen LogP contribution >= 0.6 is 0 Å². The Bertz CT molecular complexity index is 1020. The van der Waals surface area contributed by atoms with E-state index in [0.717, 1.165) is 0 Å². The molecule has 35 heavy (non-hydrogen) atoms. The first-order valence-corrected chi connectivity index (χ1v) is 12.8. The number of carboxylic acid groups (broad SMARTS) is 1. The van der Waals surface area contributed by atoms with Crippen molar-refractivity contribution in [1.82, 2.24) is 0 Å². The number of fused-ring (bicyclic) bond motifs is 9. The van der Waals surface area contributed by atoms with Crippen LogP contribution in [0.4, 0.5) is 0 Å². The van der Waals surface area contributed by atoms with E-state index in [2.05, 4.69) is 0 Å². The minimum absolute atomic E-state index is 0.184. The molecule has 6 rings (SSSR count). The number of carbonyl (C=O) groups excluding carboxylic acids is 2. The van der Waals surface area contributed by atoms with Crippen molar-refractivity contribution in [1.29, 1.82) is 0 Å². The summed E-state index contributed by atoms with van der Waals surface area (Å²) in [4.78, 5) is 37.8. The zero-order valence-corrected chi connectivity index (χ0v) is 20.4. The first-order valence-electron chi connectivity index (χ1n) is 12.8. The van der Waals surface area contributed by atoms with Crippen LogP contribution in [0.25, 0.3) is 0 Å². The van der Waals surface area contributed by atoms with Gasteiger partial charge < -0.3 is 29.5 Å². The Hall–Kier alpha value is -1.97. The lowest BCUT2D eigenvalue weighted by atomic mass is 9.59. The van der Waals surface area contributed by atoms with E-state index >= 15 is 0 Å². The summed E-state index contributed by atoms with van der Waals surface area (Å²) in [5.74, 6) is -7.87. The van der Waals surface area contributed by atoms with Crippen molar-refractivity contribution >= 4 is 17.9 Å². The predicted octanol–water partition coefficient (Wildman–Crippen LogP) is 1.50. The van der Waals surface area contributed by atoms with Gasteiger partial charge in [-0.15, -0.1) is 0 Å². The van der Waals surface area contributed by atoms with Crippen LogP contribution in [0.5, 0.6) is 0 Å². The number of hydrogen-bond acceptors (Lipinski definition) is 8. The van der Waals surface area contributed by atoms with Gasteiger partial charge in [0.15, 0.2) is 5.79 Å². The van der Waals surface area contributed by atoms with Gasteiger partial charge in [-0.3, -0.25) is 9.59 Å². The van der Waals surface area contributed by atoms with Gasteiger partial charge in [-0.25, -0.2) is 4.79 Å². The maximum atomic E-state index is 13.4. The summed E-state index contributed by atoms with van der Waals surface area (Å²) >= 11 is 0. The Morgan fingerprint density at radius 1 is 1.20 bits per heavy atom. The van der Waals surface area contributed by atoms with Crippen molar-refractivity contribution < 1.29 is 43.9 Å². The molecule has 3 aliphatic heterocycles. The maximum absolute atomic E-state index is 13.4. The van der Waals surface area contributed by atoms with E-state index in [0.29, 0.717) is 19.3 Å². The number of hydrogen-bond donors (Lipinski definition) is 3. The lowest BCUT2D eigenvalue weighted by Gasteiger charge is -2.57. The molecule has 9 nitrogen and oxygen atoms in total. The third kappa shape index (κ3) is 2.89. The molecule has 0 amide bonds.